The molecule has 1 aromatic carbocycles. The molecule has 0 saturated carbocycles. The van der Waals surface area contributed by atoms with E-state index in [1.807, 2.05) is 26.0 Å². The minimum absolute atomic E-state index is 0.0984. The average Bonchev–Trinajstić information content (AvgIpc) is 3.01. The Hall–Kier alpha value is -1.79. The number of ether oxygens (including phenoxy) is 2. The van der Waals surface area contributed by atoms with E-state index in [2.05, 4.69) is 30.1 Å². The van der Waals surface area contributed by atoms with Gasteiger partial charge in [0, 0.05) is 6.04 Å². The molecule has 6 nitrogen and oxygen atoms in total. The molecule has 24 heavy (non-hydrogen) atoms. The summed E-state index contributed by atoms with van der Waals surface area (Å²) in [6.45, 7) is 9.78. The molecule has 0 aliphatic carbocycles. The van der Waals surface area contributed by atoms with Crippen molar-refractivity contribution in [2.75, 3.05) is 20.0 Å². The van der Waals surface area contributed by atoms with Crippen LogP contribution in [0.15, 0.2) is 18.2 Å². The molecule has 0 spiro atoms. The number of carbonyl (C=O) groups excluding carboxylic acids is 1. The number of hydrogen-bond donors (Lipinski definition) is 2. The Morgan fingerprint density at radius 1 is 1.29 bits per heavy atom. The van der Waals surface area contributed by atoms with Crippen molar-refractivity contribution in [2.24, 2.45) is 11.7 Å². The zero-order valence-electron chi connectivity index (χ0n) is 15.0. The predicted molar refractivity (Wildman–Crippen MR) is 93.9 cm³/mol. The summed E-state index contributed by atoms with van der Waals surface area (Å²) in [4.78, 5) is 14.2. The summed E-state index contributed by atoms with van der Waals surface area (Å²) in [6, 6.07) is 5.86. The third-order valence-corrected chi connectivity index (χ3v) is 4.47. The number of benzene rings is 1. The second-order valence-corrected chi connectivity index (χ2v) is 6.61. The third-order valence-electron chi connectivity index (χ3n) is 4.47. The molecule has 0 saturated heterocycles. The minimum atomic E-state index is -0.465. The van der Waals surface area contributed by atoms with Crippen molar-refractivity contribution < 1.29 is 14.3 Å². The second kappa shape index (κ2) is 8.35. The molecular weight excluding hydrogens is 306 g/mol. The van der Waals surface area contributed by atoms with Gasteiger partial charge in [-0.25, -0.2) is 0 Å². The molecule has 3 N–H and O–H groups in total. The van der Waals surface area contributed by atoms with E-state index in [9.17, 15) is 4.79 Å². The van der Waals surface area contributed by atoms with Gasteiger partial charge >= 0.3 is 0 Å². The lowest BCUT2D eigenvalue weighted by Crippen LogP contribution is -2.49. The summed E-state index contributed by atoms with van der Waals surface area (Å²) >= 11 is 0. The molecule has 1 heterocycles. The van der Waals surface area contributed by atoms with Crippen molar-refractivity contribution in [3.63, 3.8) is 0 Å². The van der Waals surface area contributed by atoms with E-state index in [0.29, 0.717) is 6.67 Å². The largest absolute Gasteiger partial charge is 0.454 e. The maximum absolute atomic E-state index is 12.0. The van der Waals surface area contributed by atoms with Gasteiger partial charge in [-0.2, -0.15) is 0 Å². The zero-order chi connectivity index (χ0) is 17.7. The summed E-state index contributed by atoms with van der Waals surface area (Å²) < 4.78 is 10.8. The molecule has 134 valence electrons. The van der Waals surface area contributed by atoms with Crippen LogP contribution < -0.4 is 20.5 Å². The maximum atomic E-state index is 12.0. The monoisotopic (exact) mass is 335 g/mol. The highest BCUT2D eigenvalue weighted by molar-refractivity contribution is 5.81. The van der Waals surface area contributed by atoms with Crippen LogP contribution in [0, 0.1) is 5.92 Å². The van der Waals surface area contributed by atoms with Gasteiger partial charge in [-0.3, -0.25) is 9.69 Å². The number of hydrogen-bond acceptors (Lipinski definition) is 5. The van der Waals surface area contributed by atoms with Crippen LogP contribution in [-0.4, -0.2) is 42.9 Å². The molecule has 0 fully saturated rings. The molecular formula is C18H29N3O3. The van der Waals surface area contributed by atoms with Crippen molar-refractivity contribution in [2.45, 2.75) is 46.2 Å². The van der Waals surface area contributed by atoms with E-state index in [4.69, 9.17) is 15.2 Å². The maximum Gasteiger partial charge on any atom is 0.238 e. The van der Waals surface area contributed by atoms with Gasteiger partial charge in [-0.1, -0.05) is 26.8 Å². The molecule has 2 rings (SSSR count). The van der Waals surface area contributed by atoms with E-state index in [1.54, 1.807) is 0 Å². The number of nitrogens with two attached hydrogens (primary N) is 1. The molecule has 2 atom stereocenters. The molecule has 1 aliphatic rings. The van der Waals surface area contributed by atoms with Gasteiger partial charge in [0.05, 0.1) is 12.7 Å². The van der Waals surface area contributed by atoms with Crippen LogP contribution in [0.3, 0.4) is 0 Å². The standard InChI is InChI=1S/C18H29N3O3/c1-5-21(10-20-18(22)17(19)12(2)3)13(4)8-14-6-7-15-16(9-14)24-11-23-15/h6-7,9,12-13,17H,5,8,10-11,19H2,1-4H3,(H,20,22). The minimum Gasteiger partial charge on any atom is -0.454 e. The SMILES string of the molecule is CCN(CNC(=O)C(N)C(C)C)C(C)Cc1ccc2c(c1)OCO2. The topological polar surface area (TPSA) is 76.8 Å². The highest BCUT2D eigenvalue weighted by atomic mass is 16.7. The lowest BCUT2D eigenvalue weighted by molar-refractivity contribution is -0.124. The van der Waals surface area contributed by atoms with Gasteiger partial charge in [0.15, 0.2) is 11.5 Å². The smallest absolute Gasteiger partial charge is 0.238 e. The molecule has 6 heteroatoms. The normalized spacial score (nSPS) is 15.6. The second-order valence-electron chi connectivity index (χ2n) is 6.61. The summed E-state index contributed by atoms with van der Waals surface area (Å²) in [5.74, 6) is 1.64. The van der Waals surface area contributed by atoms with Crippen molar-refractivity contribution in [1.29, 1.82) is 0 Å². The first-order valence-electron chi connectivity index (χ1n) is 8.58. The van der Waals surface area contributed by atoms with Gasteiger partial charge in [0.1, 0.15) is 0 Å². The highest BCUT2D eigenvalue weighted by Gasteiger charge is 2.20. The van der Waals surface area contributed by atoms with E-state index in [0.717, 1.165) is 24.5 Å². The summed E-state index contributed by atoms with van der Waals surface area (Å²) in [6.07, 6.45) is 0.872. The van der Waals surface area contributed by atoms with Crippen molar-refractivity contribution in [3.05, 3.63) is 23.8 Å². The average molecular weight is 335 g/mol. The number of likely N-dealkylation sites (N-methyl/N-ethyl adjacent to an activating group) is 1. The fourth-order valence-electron chi connectivity index (χ4n) is 2.72. The van der Waals surface area contributed by atoms with Crippen molar-refractivity contribution >= 4 is 5.91 Å². The van der Waals surface area contributed by atoms with Crippen LogP contribution in [0.2, 0.25) is 0 Å². The Balaban J connectivity index is 1.89. The number of carbonyl (C=O) groups is 1. The van der Waals surface area contributed by atoms with E-state index in [-0.39, 0.29) is 24.7 Å². The van der Waals surface area contributed by atoms with Gasteiger partial charge in [-0.05, 0) is 43.5 Å². The Morgan fingerprint density at radius 2 is 2.00 bits per heavy atom. The van der Waals surface area contributed by atoms with E-state index >= 15 is 0 Å². The first-order valence-corrected chi connectivity index (χ1v) is 8.58. The van der Waals surface area contributed by atoms with Crippen LogP contribution in [0.25, 0.3) is 0 Å². The first kappa shape index (κ1) is 18.5. The van der Waals surface area contributed by atoms with E-state index in [1.165, 1.54) is 5.56 Å². The predicted octanol–water partition coefficient (Wildman–Crippen LogP) is 1.73. The Bertz CT molecular complexity index is 562. The summed E-state index contributed by atoms with van der Waals surface area (Å²) in [5, 5.41) is 2.94. The summed E-state index contributed by atoms with van der Waals surface area (Å²) in [7, 11) is 0. The Morgan fingerprint density at radius 3 is 2.67 bits per heavy atom. The highest BCUT2D eigenvalue weighted by Crippen LogP contribution is 2.32. The molecule has 1 amide bonds. The van der Waals surface area contributed by atoms with Crippen molar-refractivity contribution in [3.8, 4) is 11.5 Å². The van der Waals surface area contributed by atoms with Gasteiger partial charge < -0.3 is 20.5 Å². The number of rotatable bonds is 8. The lowest BCUT2D eigenvalue weighted by Gasteiger charge is -2.29. The quantitative estimate of drug-likeness (QED) is 0.708. The number of nitrogens with one attached hydrogen (secondary N) is 1. The van der Waals surface area contributed by atoms with E-state index < -0.39 is 6.04 Å². The molecule has 0 radical (unpaired) electrons. The fraction of sp³-hybridized carbons (Fsp3) is 0.611. The fourth-order valence-corrected chi connectivity index (χ4v) is 2.72. The molecule has 2 unspecified atom stereocenters. The van der Waals surface area contributed by atoms with Gasteiger partial charge in [0.2, 0.25) is 12.7 Å². The first-order chi connectivity index (χ1) is 11.4. The van der Waals surface area contributed by atoms with Gasteiger partial charge in [-0.15, -0.1) is 0 Å². The molecule has 0 bridgehead atoms. The lowest BCUT2D eigenvalue weighted by atomic mass is 10.0. The molecule has 1 aliphatic heterocycles. The molecule has 1 aromatic rings. The third kappa shape index (κ3) is 4.61. The molecule has 0 aromatic heterocycles. The van der Waals surface area contributed by atoms with Crippen LogP contribution in [0.1, 0.15) is 33.3 Å². The number of fused-ring (bicyclic) bond motifs is 1. The van der Waals surface area contributed by atoms with Crippen molar-refractivity contribution in [1.82, 2.24) is 10.2 Å². The van der Waals surface area contributed by atoms with Crippen LogP contribution >= 0.6 is 0 Å². The summed E-state index contributed by atoms with van der Waals surface area (Å²) in [5.41, 5.74) is 7.07. The van der Waals surface area contributed by atoms with Crippen LogP contribution in [0.5, 0.6) is 11.5 Å². The van der Waals surface area contributed by atoms with Crippen LogP contribution in [-0.2, 0) is 11.2 Å². The zero-order valence-corrected chi connectivity index (χ0v) is 15.0. The van der Waals surface area contributed by atoms with Gasteiger partial charge in [0.25, 0.3) is 0 Å². The number of nitrogens with zero attached hydrogens (tertiary/aromatic N) is 1. The van der Waals surface area contributed by atoms with Crippen LogP contribution in [0.4, 0.5) is 0 Å². The number of amides is 1. The Labute approximate surface area is 144 Å². The Kier molecular flexibility index (Phi) is 6.45.